The van der Waals surface area contributed by atoms with E-state index in [1.54, 1.807) is 18.7 Å². The van der Waals surface area contributed by atoms with Gasteiger partial charge in [-0.1, -0.05) is 37.0 Å². The monoisotopic (exact) mass is 346 g/mol. The Morgan fingerprint density at radius 1 is 1.33 bits per heavy atom. The highest BCUT2D eigenvalue weighted by molar-refractivity contribution is 7.99. The average Bonchev–Trinajstić information content (AvgIpc) is 2.67. The van der Waals surface area contributed by atoms with E-state index in [1.807, 2.05) is 19.2 Å². The number of halogens is 2. The van der Waals surface area contributed by atoms with Crippen LogP contribution in [0.1, 0.15) is 26.6 Å². The Kier molecular flexibility index (Phi) is 5.14. The minimum absolute atomic E-state index is 0.105. The first-order valence-corrected chi connectivity index (χ1v) is 8.71. The van der Waals surface area contributed by atoms with E-state index in [2.05, 4.69) is 18.4 Å². The first-order valence-electron chi connectivity index (χ1n) is 6.80. The van der Waals surface area contributed by atoms with Crippen molar-refractivity contribution >= 4 is 46.0 Å². The third-order valence-electron chi connectivity index (χ3n) is 3.35. The molecule has 1 aromatic heterocycles. The van der Waals surface area contributed by atoms with Gasteiger partial charge in [-0.15, -0.1) is 0 Å². The fourth-order valence-electron chi connectivity index (χ4n) is 2.34. The number of fused-ring (bicyclic) bond motifs is 1. The van der Waals surface area contributed by atoms with Crippen LogP contribution in [0.3, 0.4) is 0 Å². The van der Waals surface area contributed by atoms with Crippen LogP contribution in [0.2, 0.25) is 10.0 Å². The molecule has 0 bridgehead atoms. The van der Waals surface area contributed by atoms with E-state index in [0.29, 0.717) is 10.0 Å². The molecule has 1 N–H and O–H groups in total. The number of rotatable bonds is 5. The molecule has 0 saturated heterocycles. The molecule has 0 radical (unpaired) electrons. The molecule has 2 rings (SSSR count). The number of hydrogen-bond donors (Lipinski definition) is 1. The number of aliphatic hydroxyl groups is 1. The smallest absolute Gasteiger partial charge is 0.116 e. The lowest BCUT2D eigenvalue weighted by atomic mass is 9.95. The second-order valence-electron chi connectivity index (χ2n) is 6.00. The van der Waals surface area contributed by atoms with Gasteiger partial charge in [-0.05, 0) is 19.1 Å². The zero-order valence-corrected chi connectivity index (χ0v) is 15.0. The van der Waals surface area contributed by atoms with E-state index in [4.69, 9.17) is 28.2 Å². The molecule has 0 aliphatic heterocycles. The maximum Gasteiger partial charge on any atom is 0.116 e. The topological polar surface area (TPSA) is 38.1 Å². The number of aromatic nitrogens is 2. The van der Waals surface area contributed by atoms with Crippen molar-refractivity contribution in [3.05, 3.63) is 28.0 Å². The molecule has 0 aliphatic rings. The van der Waals surface area contributed by atoms with Crippen LogP contribution in [-0.2, 0) is 12.5 Å². The van der Waals surface area contributed by atoms with Gasteiger partial charge in [-0.3, -0.25) is 0 Å². The predicted octanol–water partition coefficient (Wildman–Crippen LogP) is 4.27. The van der Waals surface area contributed by atoms with Gasteiger partial charge in [0.05, 0.1) is 27.2 Å². The van der Waals surface area contributed by atoms with Crippen molar-refractivity contribution in [3.8, 4) is 0 Å². The highest BCUT2D eigenvalue weighted by atomic mass is 35.5. The molecule has 6 heteroatoms. The molecule has 0 spiro atoms. The van der Waals surface area contributed by atoms with E-state index < -0.39 is 0 Å². The van der Waals surface area contributed by atoms with Crippen LogP contribution in [0.25, 0.3) is 11.0 Å². The van der Waals surface area contributed by atoms with E-state index >= 15 is 0 Å². The van der Waals surface area contributed by atoms with Crippen molar-refractivity contribution in [1.82, 2.24) is 9.55 Å². The van der Waals surface area contributed by atoms with Gasteiger partial charge in [-0.25, -0.2) is 4.98 Å². The average molecular weight is 347 g/mol. The summed E-state index contributed by atoms with van der Waals surface area (Å²) in [6.45, 7) is 6.12. The molecule has 21 heavy (non-hydrogen) atoms. The molecule has 116 valence electrons. The van der Waals surface area contributed by atoms with E-state index in [1.165, 1.54) is 0 Å². The van der Waals surface area contributed by atoms with Crippen LogP contribution in [0.5, 0.6) is 0 Å². The molecule has 1 unspecified atom stereocenters. The van der Waals surface area contributed by atoms with Gasteiger partial charge in [0.1, 0.15) is 5.82 Å². The Bertz CT molecular complexity index is 653. The number of imidazole rings is 1. The van der Waals surface area contributed by atoms with Crippen molar-refractivity contribution in [1.29, 1.82) is 0 Å². The minimum Gasteiger partial charge on any atom is -0.393 e. The lowest BCUT2D eigenvalue weighted by Gasteiger charge is -2.24. The molecule has 1 atom stereocenters. The van der Waals surface area contributed by atoms with Crippen molar-refractivity contribution in [3.63, 3.8) is 0 Å². The largest absolute Gasteiger partial charge is 0.393 e. The van der Waals surface area contributed by atoms with Crippen molar-refractivity contribution in [2.75, 3.05) is 11.5 Å². The molecular formula is C15H20Cl2N2OS. The summed E-state index contributed by atoms with van der Waals surface area (Å²) in [5.74, 6) is 2.61. The molecule has 1 heterocycles. The first kappa shape index (κ1) is 16.9. The van der Waals surface area contributed by atoms with Gasteiger partial charge in [0.25, 0.3) is 0 Å². The van der Waals surface area contributed by atoms with E-state index in [0.717, 1.165) is 28.4 Å². The lowest BCUT2D eigenvalue weighted by molar-refractivity contribution is 0.220. The van der Waals surface area contributed by atoms with Gasteiger partial charge in [-0.2, -0.15) is 11.8 Å². The lowest BCUT2D eigenvalue weighted by Crippen LogP contribution is -2.25. The third kappa shape index (κ3) is 3.67. The number of benzene rings is 1. The number of nitrogens with zero attached hydrogens (tertiary/aromatic N) is 2. The second kappa shape index (κ2) is 6.37. The molecule has 2 aromatic rings. The zero-order valence-electron chi connectivity index (χ0n) is 12.7. The van der Waals surface area contributed by atoms with Gasteiger partial charge in [0.15, 0.2) is 0 Å². The summed E-state index contributed by atoms with van der Waals surface area (Å²) < 4.78 is 2.07. The van der Waals surface area contributed by atoms with E-state index in [9.17, 15) is 5.11 Å². The van der Waals surface area contributed by atoms with Crippen LogP contribution in [0.4, 0.5) is 0 Å². The molecule has 3 nitrogen and oxygen atoms in total. The highest BCUT2D eigenvalue weighted by Crippen LogP contribution is 2.33. The third-order valence-corrected chi connectivity index (χ3v) is 5.72. The Hall–Kier alpha value is -0.420. The summed E-state index contributed by atoms with van der Waals surface area (Å²) >= 11 is 13.9. The van der Waals surface area contributed by atoms with Crippen LogP contribution in [-0.4, -0.2) is 32.3 Å². The van der Waals surface area contributed by atoms with Crippen LogP contribution >= 0.6 is 35.0 Å². The van der Waals surface area contributed by atoms with Gasteiger partial charge in [0.2, 0.25) is 0 Å². The second-order valence-corrected chi connectivity index (χ2v) is 7.84. The Morgan fingerprint density at radius 3 is 2.57 bits per heavy atom. The number of aryl methyl sites for hydroxylation is 1. The summed E-state index contributed by atoms with van der Waals surface area (Å²) in [6, 6.07) is 3.66. The van der Waals surface area contributed by atoms with Crippen molar-refractivity contribution in [2.24, 2.45) is 7.05 Å². The first-order chi connectivity index (χ1) is 9.72. The van der Waals surface area contributed by atoms with Gasteiger partial charge in [0, 0.05) is 24.0 Å². The van der Waals surface area contributed by atoms with Crippen LogP contribution in [0.15, 0.2) is 12.1 Å². The normalized spacial score (nSPS) is 13.9. The standard InChI is InChI=1S/C15H20Cl2N2OS/c1-9(20)7-21-8-15(2,3)14-18-12-5-10(16)11(17)6-13(12)19(14)4/h5-6,9,20H,7-8H2,1-4H3. The fraction of sp³-hybridized carbons (Fsp3) is 0.533. The van der Waals surface area contributed by atoms with Gasteiger partial charge >= 0.3 is 0 Å². The molecule has 1 aromatic carbocycles. The Morgan fingerprint density at radius 2 is 1.95 bits per heavy atom. The summed E-state index contributed by atoms with van der Waals surface area (Å²) in [5, 5.41) is 10.4. The summed E-state index contributed by atoms with van der Waals surface area (Å²) in [4.78, 5) is 4.73. The van der Waals surface area contributed by atoms with Crippen molar-refractivity contribution in [2.45, 2.75) is 32.3 Å². The highest BCUT2D eigenvalue weighted by Gasteiger charge is 2.27. The Labute approximate surface area is 139 Å². The van der Waals surface area contributed by atoms with Crippen molar-refractivity contribution < 1.29 is 5.11 Å². The maximum absolute atomic E-state index is 9.38. The Balaban J connectivity index is 2.34. The zero-order chi connectivity index (χ0) is 15.8. The SMILES string of the molecule is CC(O)CSCC(C)(C)c1nc2cc(Cl)c(Cl)cc2n1C. The molecule has 0 saturated carbocycles. The van der Waals surface area contributed by atoms with Crippen LogP contribution < -0.4 is 0 Å². The molecular weight excluding hydrogens is 327 g/mol. The quantitative estimate of drug-likeness (QED) is 0.878. The maximum atomic E-state index is 9.38. The predicted molar refractivity (Wildman–Crippen MR) is 92.8 cm³/mol. The molecule has 0 aliphatic carbocycles. The fourth-order valence-corrected chi connectivity index (χ4v) is 3.76. The summed E-state index contributed by atoms with van der Waals surface area (Å²) in [5.41, 5.74) is 1.73. The van der Waals surface area contributed by atoms with Crippen LogP contribution in [0, 0.1) is 0 Å². The molecule has 0 amide bonds. The summed E-state index contributed by atoms with van der Waals surface area (Å²) in [7, 11) is 2.00. The summed E-state index contributed by atoms with van der Waals surface area (Å²) in [6.07, 6.45) is -0.288. The van der Waals surface area contributed by atoms with E-state index in [-0.39, 0.29) is 11.5 Å². The molecule has 0 fully saturated rings. The minimum atomic E-state index is -0.288. The number of aliphatic hydroxyl groups excluding tert-OH is 1. The van der Waals surface area contributed by atoms with Gasteiger partial charge < -0.3 is 9.67 Å². The number of hydrogen-bond acceptors (Lipinski definition) is 3. The number of thioether (sulfide) groups is 1.